The molecule has 2 heteroatoms. The molecule has 0 saturated heterocycles. The summed E-state index contributed by atoms with van der Waals surface area (Å²) in [6.45, 7) is 7.42. The summed E-state index contributed by atoms with van der Waals surface area (Å²) in [5.74, 6) is 0. The van der Waals surface area contributed by atoms with Gasteiger partial charge in [0.1, 0.15) is 11.2 Å². The first-order chi connectivity index (χ1) is 27.2. The van der Waals surface area contributed by atoms with E-state index in [4.69, 9.17) is 11.0 Å². The average Bonchev–Trinajstić information content (AvgIpc) is 3.64. The molecule has 252 valence electrons. The molecule has 0 N–H and O–H groups in total. The first-order valence-electron chi connectivity index (χ1n) is 18.7. The molecule has 0 atom stereocenters. The van der Waals surface area contributed by atoms with Crippen molar-refractivity contribution in [3.8, 4) is 22.3 Å². The van der Waals surface area contributed by atoms with Crippen LogP contribution in [0.4, 0.5) is 5.69 Å². The molecule has 11 aromatic carbocycles. The number of rotatable bonds is 2. The Kier molecular flexibility index (Phi) is 6.15. The molecule has 0 fully saturated rings. The van der Waals surface area contributed by atoms with E-state index in [0.29, 0.717) is 5.69 Å². The first-order valence-corrected chi connectivity index (χ1v) is 18.7. The van der Waals surface area contributed by atoms with Gasteiger partial charge < -0.3 is 4.42 Å². The Labute approximate surface area is 315 Å². The molecule has 0 aliphatic rings. The van der Waals surface area contributed by atoms with Crippen LogP contribution in [0.1, 0.15) is 0 Å². The Morgan fingerprint density at radius 3 is 1.55 bits per heavy atom. The lowest BCUT2D eigenvalue weighted by Crippen LogP contribution is -1.86. The summed E-state index contributed by atoms with van der Waals surface area (Å²) in [5, 5.41) is 19.3. The van der Waals surface area contributed by atoms with Crippen molar-refractivity contribution in [2.24, 2.45) is 0 Å². The van der Waals surface area contributed by atoms with Crippen molar-refractivity contribution in [1.29, 1.82) is 0 Å². The summed E-state index contributed by atoms with van der Waals surface area (Å²) in [6.07, 6.45) is 0. The van der Waals surface area contributed by atoms with Crippen LogP contribution in [0.2, 0.25) is 0 Å². The van der Waals surface area contributed by atoms with Gasteiger partial charge in [0.05, 0.1) is 6.57 Å². The van der Waals surface area contributed by atoms with Crippen LogP contribution in [-0.4, -0.2) is 0 Å². The molecule has 0 unspecified atom stereocenters. The molecule has 1 heterocycles. The van der Waals surface area contributed by atoms with Crippen molar-refractivity contribution in [1.82, 2.24) is 0 Å². The maximum Gasteiger partial charge on any atom is 0.187 e. The second-order valence-electron chi connectivity index (χ2n) is 14.7. The minimum Gasteiger partial charge on any atom is -0.455 e. The zero-order chi connectivity index (χ0) is 36.2. The molecule has 55 heavy (non-hydrogen) atoms. The Bertz CT molecular complexity index is 3670. The SMILES string of the molecule is [C-]#[N+]c1cccc(-c2ccc3cc(-c4ccc5c(c4)c4ccccc4c4cc6oc7c8ccccc8c8cc9ccccc9cc8c7c6cc54)ccc3c2)c1. The smallest absolute Gasteiger partial charge is 0.187 e. The van der Waals surface area contributed by atoms with Gasteiger partial charge in [-0.15, -0.1) is 0 Å². The van der Waals surface area contributed by atoms with E-state index in [1.807, 2.05) is 18.2 Å². The summed E-state index contributed by atoms with van der Waals surface area (Å²) >= 11 is 0. The molecular weight excluding hydrogens is 667 g/mol. The van der Waals surface area contributed by atoms with Gasteiger partial charge in [0.2, 0.25) is 0 Å². The van der Waals surface area contributed by atoms with Crippen LogP contribution < -0.4 is 0 Å². The van der Waals surface area contributed by atoms with Gasteiger partial charge in [0.25, 0.3) is 0 Å². The molecule has 0 aliphatic carbocycles. The normalized spacial score (nSPS) is 12.0. The van der Waals surface area contributed by atoms with Crippen LogP contribution in [0.3, 0.4) is 0 Å². The second-order valence-corrected chi connectivity index (χ2v) is 14.7. The van der Waals surface area contributed by atoms with E-state index >= 15 is 0 Å². The second kappa shape index (κ2) is 11.3. The third-order valence-corrected chi connectivity index (χ3v) is 11.7. The van der Waals surface area contributed by atoms with Crippen LogP contribution in [0, 0.1) is 6.57 Å². The fourth-order valence-corrected chi connectivity index (χ4v) is 9.13. The van der Waals surface area contributed by atoms with E-state index < -0.39 is 0 Å². The molecular formula is C53H29NO. The molecule has 2 nitrogen and oxygen atoms in total. The Balaban J connectivity index is 1.09. The van der Waals surface area contributed by atoms with Gasteiger partial charge >= 0.3 is 0 Å². The van der Waals surface area contributed by atoms with Gasteiger partial charge in [-0.2, -0.15) is 0 Å². The van der Waals surface area contributed by atoms with Gasteiger partial charge in [-0.25, -0.2) is 4.85 Å². The first kappa shape index (κ1) is 30.0. The van der Waals surface area contributed by atoms with Gasteiger partial charge in [-0.3, -0.25) is 0 Å². The van der Waals surface area contributed by atoms with E-state index in [9.17, 15) is 0 Å². The van der Waals surface area contributed by atoms with Crippen LogP contribution in [0.15, 0.2) is 180 Å². The number of hydrogen-bond acceptors (Lipinski definition) is 1. The lowest BCUT2D eigenvalue weighted by atomic mass is 9.90. The summed E-state index contributed by atoms with van der Waals surface area (Å²) < 4.78 is 6.90. The van der Waals surface area contributed by atoms with Gasteiger partial charge in [0, 0.05) is 16.2 Å². The highest BCUT2D eigenvalue weighted by molar-refractivity contribution is 6.34. The van der Waals surface area contributed by atoms with E-state index in [1.54, 1.807) is 0 Å². The zero-order valence-electron chi connectivity index (χ0n) is 29.6. The lowest BCUT2D eigenvalue weighted by Gasteiger charge is -2.13. The van der Waals surface area contributed by atoms with Crippen molar-refractivity contribution in [3.63, 3.8) is 0 Å². The average molecular weight is 696 g/mol. The van der Waals surface area contributed by atoms with Gasteiger partial charge in [-0.1, -0.05) is 127 Å². The third kappa shape index (κ3) is 4.42. The highest BCUT2D eigenvalue weighted by Gasteiger charge is 2.19. The molecule has 0 bridgehead atoms. The fraction of sp³-hybridized carbons (Fsp3) is 0. The van der Waals surface area contributed by atoms with Crippen molar-refractivity contribution in [3.05, 3.63) is 187 Å². The summed E-state index contributed by atoms with van der Waals surface area (Å²) in [6, 6.07) is 63.5. The van der Waals surface area contributed by atoms with E-state index in [1.165, 1.54) is 86.5 Å². The van der Waals surface area contributed by atoms with Crippen LogP contribution in [-0.2, 0) is 0 Å². The van der Waals surface area contributed by atoms with Crippen molar-refractivity contribution in [2.45, 2.75) is 0 Å². The molecule has 12 aromatic rings. The third-order valence-electron chi connectivity index (χ3n) is 11.7. The highest BCUT2D eigenvalue weighted by atomic mass is 16.3. The Morgan fingerprint density at radius 2 is 0.836 bits per heavy atom. The quantitative estimate of drug-likeness (QED) is 0.1000. The maximum atomic E-state index is 7.42. The highest BCUT2D eigenvalue weighted by Crippen LogP contribution is 2.46. The molecule has 0 amide bonds. The van der Waals surface area contributed by atoms with E-state index in [-0.39, 0.29) is 0 Å². The number of benzene rings is 11. The number of furan rings is 1. The molecule has 1 aromatic heterocycles. The molecule has 0 aliphatic heterocycles. The molecule has 0 saturated carbocycles. The molecule has 0 radical (unpaired) electrons. The van der Waals surface area contributed by atoms with Crippen LogP contribution in [0.25, 0.3) is 124 Å². The standard InChI is InChI=1S/C53H29NO/c1-54-39-12-8-11-31(25-39)34-17-18-36-24-37(20-19-35(36)23-34)38-21-22-43-45(27-38)40-13-4-5-14-41(40)48-30-51-50(29-47(43)48)52-49-28-33-10-3-2-9-32(33)26-46(49)42-15-6-7-16-44(42)53(52)55-51/h2-30H. The maximum absolute atomic E-state index is 7.42. The Morgan fingerprint density at radius 1 is 0.327 bits per heavy atom. The number of nitrogens with zero attached hydrogens (tertiary/aromatic N) is 1. The summed E-state index contributed by atoms with van der Waals surface area (Å²) in [4.78, 5) is 3.62. The minimum atomic E-state index is 0.655. The predicted molar refractivity (Wildman–Crippen MR) is 233 cm³/mol. The van der Waals surface area contributed by atoms with Crippen molar-refractivity contribution >= 4 is 103 Å². The largest absolute Gasteiger partial charge is 0.455 e. The molecule has 0 spiro atoms. The van der Waals surface area contributed by atoms with Crippen LogP contribution in [0.5, 0.6) is 0 Å². The minimum absolute atomic E-state index is 0.655. The predicted octanol–water partition coefficient (Wildman–Crippen LogP) is 15.5. The van der Waals surface area contributed by atoms with Gasteiger partial charge in [0.15, 0.2) is 5.69 Å². The topological polar surface area (TPSA) is 17.5 Å². The fourth-order valence-electron chi connectivity index (χ4n) is 9.13. The van der Waals surface area contributed by atoms with Gasteiger partial charge in [-0.05, 0) is 141 Å². The van der Waals surface area contributed by atoms with Crippen LogP contribution >= 0.6 is 0 Å². The zero-order valence-corrected chi connectivity index (χ0v) is 29.6. The Hall–Kier alpha value is -7.47. The monoisotopic (exact) mass is 695 g/mol. The van der Waals surface area contributed by atoms with E-state index in [2.05, 4.69) is 163 Å². The number of fused-ring (bicyclic) bond motifs is 16. The van der Waals surface area contributed by atoms with E-state index in [0.717, 1.165) is 33.1 Å². The van der Waals surface area contributed by atoms with Crippen molar-refractivity contribution < 1.29 is 4.42 Å². The molecule has 12 rings (SSSR count). The lowest BCUT2D eigenvalue weighted by molar-refractivity contribution is 0.673. The number of hydrogen-bond donors (Lipinski definition) is 0. The van der Waals surface area contributed by atoms with Crippen molar-refractivity contribution in [2.75, 3.05) is 0 Å². The summed E-state index contributed by atoms with van der Waals surface area (Å²) in [5.41, 5.74) is 7.05. The summed E-state index contributed by atoms with van der Waals surface area (Å²) in [7, 11) is 0.